The van der Waals surface area contributed by atoms with Crippen LogP contribution in [0.1, 0.15) is 39.6 Å². The van der Waals surface area contributed by atoms with Gasteiger partial charge in [0.15, 0.2) is 0 Å². The molecular weight excluding hydrogens is 413 g/mol. The van der Waals surface area contributed by atoms with Crippen molar-refractivity contribution in [1.82, 2.24) is 14.5 Å². The fourth-order valence-electron chi connectivity index (χ4n) is 4.65. The van der Waals surface area contributed by atoms with Gasteiger partial charge in [-0.15, -0.1) is 0 Å². The Morgan fingerprint density at radius 3 is 2.27 bits per heavy atom. The van der Waals surface area contributed by atoms with Crippen LogP contribution in [-0.4, -0.2) is 21.0 Å². The van der Waals surface area contributed by atoms with E-state index >= 15 is 0 Å². The van der Waals surface area contributed by atoms with E-state index in [0.29, 0.717) is 25.1 Å². The standard InChI is InChI=1S/C28H26FN3O/c1-20-23(13-8-14-25(20)29)17-31-16-15-26-24(18-31)28(33)32(19-30-26)27(21-9-4-2-5-10-21)22-11-6-3-7-12-22/h2-14,19,27H,15-18H2,1H3. The lowest BCUT2D eigenvalue weighted by atomic mass is 9.97. The first-order valence-corrected chi connectivity index (χ1v) is 11.3. The van der Waals surface area contributed by atoms with Gasteiger partial charge in [0.05, 0.1) is 23.6 Å². The maximum absolute atomic E-state index is 14.0. The Morgan fingerprint density at radius 1 is 0.939 bits per heavy atom. The molecule has 1 aliphatic heterocycles. The second-order valence-electron chi connectivity index (χ2n) is 8.59. The number of hydrogen-bond acceptors (Lipinski definition) is 3. The van der Waals surface area contributed by atoms with Crippen LogP contribution in [0.25, 0.3) is 0 Å². The first-order chi connectivity index (χ1) is 16.1. The van der Waals surface area contributed by atoms with Gasteiger partial charge in [0.2, 0.25) is 0 Å². The molecule has 1 aromatic heterocycles. The normalized spacial score (nSPS) is 13.8. The van der Waals surface area contributed by atoms with Gasteiger partial charge in [-0.25, -0.2) is 9.37 Å². The highest BCUT2D eigenvalue weighted by Crippen LogP contribution is 2.26. The smallest absolute Gasteiger partial charge is 0.258 e. The third-order valence-electron chi connectivity index (χ3n) is 6.51. The van der Waals surface area contributed by atoms with Gasteiger partial charge in [-0.3, -0.25) is 14.3 Å². The van der Waals surface area contributed by atoms with E-state index in [-0.39, 0.29) is 17.4 Å². The maximum Gasteiger partial charge on any atom is 0.258 e. The number of rotatable bonds is 5. The Bertz CT molecular complexity index is 1280. The van der Waals surface area contributed by atoms with Crippen molar-refractivity contribution >= 4 is 0 Å². The van der Waals surface area contributed by atoms with E-state index in [1.54, 1.807) is 23.9 Å². The van der Waals surface area contributed by atoms with Crippen LogP contribution in [0.4, 0.5) is 4.39 Å². The molecule has 2 heterocycles. The number of nitrogens with zero attached hydrogens (tertiary/aromatic N) is 3. The van der Waals surface area contributed by atoms with Crippen molar-refractivity contribution in [3.05, 3.63) is 135 Å². The number of fused-ring (bicyclic) bond motifs is 1. The number of halogens is 1. The predicted octanol–water partition coefficient (Wildman–Crippen LogP) is 4.89. The highest BCUT2D eigenvalue weighted by molar-refractivity contribution is 5.34. The fraction of sp³-hybridized carbons (Fsp3) is 0.214. The van der Waals surface area contributed by atoms with Gasteiger partial charge in [-0.2, -0.15) is 0 Å². The molecule has 0 spiro atoms. The van der Waals surface area contributed by atoms with Crippen LogP contribution in [0.2, 0.25) is 0 Å². The summed E-state index contributed by atoms with van der Waals surface area (Å²) in [6.07, 6.45) is 2.40. The molecule has 5 heteroatoms. The Kier molecular flexibility index (Phi) is 5.88. The van der Waals surface area contributed by atoms with Gasteiger partial charge >= 0.3 is 0 Å². The van der Waals surface area contributed by atoms with Crippen molar-refractivity contribution in [2.75, 3.05) is 6.54 Å². The van der Waals surface area contributed by atoms with E-state index in [2.05, 4.69) is 4.90 Å². The van der Waals surface area contributed by atoms with E-state index in [4.69, 9.17) is 4.98 Å². The number of benzene rings is 3. The van der Waals surface area contributed by atoms with Crippen molar-refractivity contribution in [3.63, 3.8) is 0 Å². The summed E-state index contributed by atoms with van der Waals surface area (Å²) in [6, 6.07) is 25.0. The molecule has 166 valence electrons. The second kappa shape index (κ2) is 9.12. The first kappa shape index (κ1) is 21.3. The summed E-state index contributed by atoms with van der Waals surface area (Å²) >= 11 is 0. The maximum atomic E-state index is 14.0. The molecule has 0 radical (unpaired) electrons. The van der Waals surface area contributed by atoms with Gasteiger partial charge in [0.25, 0.3) is 5.56 Å². The molecule has 0 unspecified atom stereocenters. The third kappa shape index (κ3) is 4.24. The van der Waals surface area contributed by atoms with Crippen molar-refractivity contribution < 1.29 is 4.39 Å². The molecule has 33 heavy (non-hydrogen) atoms. The largest absolute Gasteiger partial charge is 0.294 e. The van der Waals surface area contributed by atoms with Crippen molar-refractivity contribution in [2.24, 2.45) is 0 Å². The fourth-order valence-corrected chi connectivity index (χ4v) is 4.65. The molecule has 0 N–H and O–H groups in total. The van der Waals surface area contributed by atoms with Gasteiger partial charge in [0.1, 0.15) is 5.82 Å². The Morgan fingerprint density at radius 2 is 1.61 bits per heavy atom. The summed E-state index contributed by atoms with van der Waals surface area (Å²) in [4.78, 5) is 20.7. The Balaban J connectivity index is 1.52. The van der Waals surface area contributed by atoms with Crippen LogP contribution in [0.15, 0.2) is 90.0 Å². The average Bonchev–Trinajstić information content (AvgIpc) is 2.85. The van der Waals surface area contributed by atoms with Gasteiger partial charge in [0, 0.05) is 26.1 Å². The van der Waals surface area contributed by atoms with Crippen LogP contribution in [0, 0.1) is 12.7 Å². The molecule has 4 aromatic rings. The Labute approximate surface area is 193 Å². The van der Waals surface area contributed by atoms with E-state index in [0.717, 1.165) is 34.5 Å². The number of hydrogen-bond donors (Lipinski definition) is 0. The molecule has 0 saturated carbocycles. The highest BCUT2D eigenvalue weighted by Gasteiger charge is 2.25. The Hall–Kier alpha value is -3.57. The SMILES string of the molecule is Cc1c(F)cccc1CN1CCc2ncn(C(c3ccccc3)c3ccccc3)c(=O)c2C1. The molecule has 0 saturated heterocycles. The zero-order chi connectivity index (χ0) is 22.8. The van der Waals surface area contributed by atoms with Crippen LogP contribution < -0.4 is 5.56 Å². The molecule has 5 rings (SSSR count). The lowest BCUT2D eigenvalue weighted by Crippen LogP contribution is -2.38. The predicted molar refractivity (Wildman–Crippen MR) is 128 cm³/mol. The highest BCUT2D eigenvalue weighted by atomic mass is 19.1. The summed E-state index contributed by atoms with van der Waals surface area (Å²) in [5.74, 6) is -0.192. The molecule has 3 aromatic carbocycles. The summed E-state index contributed by atoms with van der Waals surface area (Å²) in [5, 5.41) is 0. The van der Waals surface area contributed by atoms with Crippen LogP contribution >= 0.6 is 0 Å². The minimum absolute atomic E-state index is 0.0154. The zero-order valence-corrected chi connectivity index (χ0v) is 18.6. The van der Waals surface area contributed by atoms with Crippen molar-refractivity contribution in [1.29, 1.82) is 0 Å². The lowest BCUT2D eigenvalue weighted by molar-refractivity contribution is 0.239. The van der Waals surface area contributed by atoms with E-state index in [1.807, 2.05) is 66.7 Å². The second-order valence-corrected chi connectivity index (χ2v) is 8.59. The summed E-state index contributed by atoms with van der Waals surface area (Å²) in [7, 11) is 0. The zero-order valence-electron chi connectivity index (χ0n) is 18.6. The van der Waals surface area contributed by atoms with Gasteiger partial charge in [-0.1, -0.05) is 72.8 Å². The summed E-state index contributed by atoms with van der Waals surface area (Å²) in [6.45, 7) is 3.72. The third-order valence-corrected chi connectivity index (χ3v) is 6.51. The average molecular weight is 440 g/mol. The minimum atomic E-state index is -0.251. The molecule has 4 nitrogen and oxygen atoms in total. The summed E-state index contributed by atoms with van der Waals surface area (Å²) in [5.41, 5.74) is 5.27. The molecule has 1 aliphatic rings. The van der Waals surface area contributed by atoms with Crippen LogP contribution in [0.5, 0.6) is 0 Å². The van der Waals surface area contributed by atoms with Gasteiger partial charge in [-0.05, 0) is 35.2 Å². The van der Waals surface area contributed by atoms with Gasteiger partial charge < -0.3 is 0 Å². The molecule has 0 aliphatic carbocycles. The molecular formula is C28H26FN3O. The monoisotopic (exact) mass is 439 g/mol. The topological polar surface area (TPSA) is 38.1 Å². The lowest BCUT2D eigenvalue weighted by Gasteiger charge is -2.29. The van der Waals surface area contributed by atoms with E-state index in [1.165, 1.54) is 6.07 Å². The van der Waals surface area contributed by atoms with Crippen molar-refractivity contribution in [2.45, 2.75) is 32.5 Å². The van der Waals surface area contributed by atoms with Crippen LogP contribution in [-0.2, 0) is 19.5 Å². The minimum Gasteiger partial charge on any atom is -0.294 e. The molecule has 0 atom stereocenters. The van der Waals surface area contributed by atoms with E-state index < -0.39 is 0 Å². The molecule has 0 amide bonds. The quantitative estimate of drug-likeness (QED) is 0.445. The number of aromatic nitrogens is 2. The van der Waals surface area contributed by atoms with Crippen molar-refractivity contribution in [3.8, 4) is 0 Å². The molecule has 0 bridgehead atoms. The molecule has 0 fully saturated rings. The first-order valence-electron chi connectivity index (χ1n) is 11.3. The van der Waals surface area contributed by atoms with Crippen LogP contribution in [0.3, 0.4) is 0 Å². The summed E-state index contributed by atoms with van der Waals surface area (Å²) < 4.78 is 15.8. The van der Waals surface area contributed by atoms with E-state index in [9.17, 15) is 9.18 Å².